The maximum atomic E-state index is 12.1. The lowest BCUT2D eigenvalue weighted by atomic mass is 10.2. The summed E-state index contributed by atoms with van der Waals surface area (Å²) in [7, 11) is 0. The minimum atomic E-state index is -0.919. The molecule has 0 bridgehead atoms. The van der Waals surface area contributed by atoms with Crippen LogP contribution in [0.2, 0.25) is 0 Å². The molecule has 2 amide bonds. The molecule has 2 aromatic carbocycles. The molecule has 0 radical (unpaired) electrons. The number of hydrogen-bond donors (Lipinski definition) is 2. The van der Waals surface area contributed by atoms with Crippen molar-refractivity contribution >= 4 is 29.2 Å². The van der Waals surface area contributed by atoms with Crippen LogP contribution in [0, 0.1) is 0 Å². The van der Waals surface area contributed by atoms with Gasteiger partial charge in [0.05, 0.1) is 6.61 Å². The second kappa shape index (κ2) is 10.7. The second-order valence-electron chi connectivity index (χ2n) is 6.14. The minimum absolute atomic E-state index is 0.163. The van der Waals surface area contributed by atoms with Crippen LogP contribution in [-0.2, 0) is 19.1 Å². The first-order valence-corrected chi connectivity index (χ1v) is 9.00. The number of benzene rings is 2. The van der Waals surface area contributed by atoms with Crippen molar-refractivity contribution in [3.63, 3.8) is 0 Å². The number of anilines is 2. The number of hydrogen-bond acceptors (Lipinski definition) is 5. The Hall–Kier alpha value is -3.35. The van der Waals surface area contributed by atoms with Gasteiger partial charge in [0.25, 0.3) is 5.91 Å². The zero-order valence-corrected chi connectivity index (χ0v) is 15.9. The third-order valence-electron chi connectivity index (χ3n) is 3.69. The van der Waals surface area contributed by atoms with E-state index in [1.54, 1.807) is 24.3 Å². The molecule has 0 aromatic heterocycles. The van der Waals surface area contributed by atoms with E-state index in [1.807, 2.05) is 30.3 Å². The van der Waals surface area contributed by atoms with Crippen LogP contribution in [0.5, 0.6) is 5.75 Å². The van der Waals surface area contributed by atoms with Crippen LogP contribution >= 0.6 is 0 Å². The van der Waals surface area contributed by atoms with Crippen LogP contribution in [0.1, 0.15) is 26.7 Å². The van der Waals surface area contributed by atoms with Crippen LogP contribution in [0.4, 0.5) is 11.4 Å². The summed E-state index contributed by atoms with van der Waals surface area (Å²) in [6, 6.07) is 16.0. The summed E-state index contributed by atoms with van der Waals surface area (Å²) < 4.78 is 10.7. The average Bonchev–Trinajstić information content (AvgIpc) is 2.67. The molecular weight excluding hydrogens is 360 g/mol. The van der Waals surface area contributed by atoms with Gasteiger partial charge in [-0.05, 0) is 49.7 Å². The van der Waals surface area contributed by atoms with Gasteiger partial charge in [-0.15, -0.1) is 0 Å². The smallest absolute Gasteiger partial charge is 0.306 e. The van der Waals surface area contributed by atoms with Crippen molar-refractivity contribution in [2.45, 2.75) is 32.8 Å². The summed E-state index contributed by atoms with van der Waals surface area (Å²) >= 11 is 0. The minimum Gasteiger partial charge on any atom is -0.494 e. The quantitative estimate of drug-likeness (QED) is 0.511. The van der Waals surface area contributed by atoms with Crippen LogP contribution in [0.25, 0.3) is 0 Å². The first kappa shape index (κ1) is 21.0. The number of nitrogens with one attached hydrogen (secondary N) is 2. The van der Waals surface area contributed by atoms with Crippen LogP contribution in [-0.4, -0.2) is 30.5 Å². The van der Waals surface area contributed by atoms with Gasteiger partial charge in [-0.3, -0.25) is 14.4 Å². The van der Waals surface area contributed by atoms with Crippen molar-refractivity contribution in [1.29, 1.82) is 0 Å². The van der Waals surface area contributed by atoms with E-state index in [0.29, 0.717) is 24.4 Å². The molecule has 7 nitrogen and oxygen atoms in total. The highest BCUT2D eigenvalue weighted by molar-refractivity contribution is 5.95. The molecule has 0 saturated heterocycles. The first-order valence-electron chi connectivity index (χ1n) is 9.00. The molecule has 0 fully saturated rings. The van der Waals surface area contributed by atoms with Crippen molar-refractivity contribution in [3.8, 4) is 5.75 Å². The second-order valence-corrected chi connectivity index (χ2v) is 6.14. The fraction of sp³-hybridized carbons (Fsp3) is 0.286. The Balaban J connectivity index is 1.69. The van der Waals surface area contributed by atoms with E-state index in [-0.39, 0.29) is 12.3 Å². The number of esters is 1. The van der Waals surface area contributed by atoms with Gasteiger partial charge in [-0.1, -0.05) is 18.2 Å². The summed E-state index contributed by atoms with van der Waals surface area (Å²) in [5.41, 5.74) is 1.17. The van der Waals surface area contributed by atoms with E-state index in [2.05, 4.69) is 10.6 Å². The lowest BCUT2D eigenvalue weighted by Crippen LogP contribution is -2.30. The maximum absolute atomic E-state index is 12.1. The van der Waals surface area contributed by atoms with Crippen molar-refractivity contribution in [2.24, 2.45) is 0 Å². The topological polar surface area (TPSA) is 93.7 Å². The SMILES string of the molecule is CC(=O)Nc1ccc(NC(=O)[C@@H](C)OC(=O)CCCOc2ccccc2)cc1. The normalized spacial score (nSPS) is 11.2. The number of carbonyl (C=O) groups is 3. The Bertz CT molecular complexity index is 790. The molecule has 0 spiro atoms. The zero-order chi connectivity index (χ0) is 20.4. The molecule has 28 heavy (non-hydrogen) atoms. The van der Waals surface area contributed by atoms with Gasteiger partial charge in [0.15, 0.2) is 6.10 Å². The summed E-state index contributed by atoms with van der Waals surface area (Å²) in [4.78, 5) is 35.0. The molecule has 2 rings (SSSR count). The Kier molecular flexibility index (Phi) is 8.02. The number of ether oxygens (including phenoxy) is 2. The molecule has 1 atom stereocenters. The molecule has 0 unspecified atom stereocenters. The van der Waals surface area contributed by atoms with Gasteiger partial charge < -0.3 is 20.1 Å². The van der Waals surface area contributed by atoms with E-state index >= 15 is 0 Å². The van der Waals surface area contributed by atoms with Crippen molar-refractivity contribution in [1.82, 2.24) is 0 Å². The van der Waals surface area contributed by atoms with E-state index < -0.39 is 18.0 Å². The predicted molar refractivity (Wildman–Crippen MR) is 106 cm³/mol. The third kappa shape index (κ3) is 7.49. The van der Waals surface area contributed by atoms with Crippen molar-refractivity contribution < 1.29 is 23.9 Å². The monoisotopic (exact) mass is 384 g/mol. The van der Waals surface area contributed by atoms with E-state index in [9.17, 15) is 14.4 Å². The fourth-order valence-corrected chi connectivity index (χ4v) is 2.32. The van der Waals surface area contributed by atoms with Gasteiger partial charge in [0, 0.05) is 24.7 Å². The Morgan fingerprint density at radius 1 is 0.929 bits per heavy atom. The first-order chi connectivity index (χ1) is 13.4. The van der Waals surface area contributed by atoms with Gasteiger partial charge in [0.1, 0.15) is 5.75 Å². The third-order valence-corrected chi connectivity index (χ3v) is 3.69. The molecular formula is C21H24N2O5. The molecule has 7 heteroatoms. The van der Waals surface area contributed by atoms with E-state index in [4.69, 9.17) is 9.47 Å². The molecule has 0 aliphatic heterocycles. The van der Waals surface area contributed by atoms with Crippen LogP contribution in [0.3, 0.4) is 0 Å². The lowest BCUT2D eigenvalue weighted by molar-refractivity contribution is -0.153. The molecule has 2 N–H and O–H groups in total. The number of para-hydroxylation sites is 1. The molecule has 0 aliphatic carbocycles. The summed E-state index contributed by atoms with van der Waals surface area (Å²) in [5.74, 6) is -0.318. The average molecular weight is 384 g/mol. The van der Waals surface area contributed by atoms with Crippen molar-refractivity contribution in [2.75, 3.05) is 17.2 Å². The summed E-state index contributed by atoms with van der Waals surface area (Å²) in [5, 5.41) is 5.30. The molecule has 148 valence electrons. The maximum Gasteiger partial charge on any atom is 0.306 e. The number of rotatable bonds is 9. The molecule has 2 aromatic rings. The van der Waals surface area contributed by atoms with Crippen LogP contribution in [0.15, 0.2) is 54.6 Å². The fourth-order valence-electron chi connectivity index (χ4n) is 2.32. The molecule has 0 saturated carbocycles. The van der Waals surface area contributed by atoms with Gasteiger partial charge in [0.2, 0.25) is 5.91 Å². The molecule has 0 aliphatic rings. The van der Waals surface area contributed by atoms with E-state index in [0.717, 1.165) is 5.75 Å². The summed E-state index contributed by atoms with van der Waals surface area (Å²) in [6.45, 7) is 3.32. The largest absolute Gasteiger partial charge is 0.494 e. The zero-order valence-electron chi connectivity index (χ0n) is 15.9. The summed E-state index contributed by atoms with van der Waals surface area (Å²) in [6.07, 6.45) is -0.264. The van der Waals surface area contributed by atoms with Gasteiger partial charge in [-0.25, -0.2) is 0 Å². The van der Waals surface area contributed by atoms with Gasteiger partial charge >= 0.3 is 5.97 Å². The molecule has 0 heterocycles. The highest BCUT2D eigenvalue weighted by atomic mass is 16.5. The Labute approximate surface area is 164 Å². The highest BCUT2D eigenvalue weighted by Gasteiger charge is 2.17. The standard InChI is InChI=1S/C21H24N2O5/c1-15(21(26)23-18-12-10-17(11-13-18)22-16(2)24)28-20(25)9-6-14-27-19-7-4-3-5-8-19/h3-5,7-8,10-13,15H,6,9,14H2,1-2H3,(H,22,24)(H,23,26)/t15-/m1/s1. The van der Waals surface area contributed by atoms with Crippen LogP contribution < -0.4 is 15.4 Å². The Morgan fingerprint density at radius 2 is 1.54 bits per heavy atom. The highest BCUT2D eigenvalue weighted by Crippen LogP contribution is 2.14. The lowest BCUT2D eigenvalue weighted by Gasteiger charge is -2.14. The van der Waals surface area contributed by atoms with Crippen molar-refractivity contribution in [3.05, 3.63) is 54.6 Å². The van der Waals surface area contributed by atoms with E-state index in [1.165, 1.54) is 13.8 Å². The van der Waals surface area contributed by atoms with Gasteiger partial charge in [-0.2, -0.15) is 0 Å². The number of carbonyl (C=O) groups excluding carboxylic acids is 3. The predicted octanol–water partition coefficient (Wildman–Crippen LogP) is 3.37. The Morgan fingerprint density at radius 3 is 2.14 bits per heavy atom. The number of amides is 2.